The molecule has 2 heterocycles. The molecular formula is C11H12N2O4. The van der Waals surface area contributed by atoms with Gasteiger partial charge in [-0.05, 0) is 12.1 Å². The Hall–Kier alpha value is -1.50. The van der Waals surface area contributed by atoms with Crippen molar-refractivity contribution in [3.05, 3.63) is 39.9 Å². The van der Waals surface area contributed by atoms with E-state index >= 15 is 0 Å². The van der Waals surface area contributed by atoms with Gasteiger partial charge in [-0.1, -0.05) is 0 Å². The summed E-state index contributed by atoms with van der Waals surface area (Å²) in [6.45, 7) is 1.92. The zero-order chi connectivity index (χ0) is 11.9. The lowest BCUT2D eigenvalue weighted by atomic mass is 10.0. The molecule has 1 aromatic carbocycles. The molecule has 2 bridgehead atoms. The van der Waals surface area contributed by atoms with Gasteiger partial charge in [0.05, 0.1) is 24.2 Å². The molecule has 17 heavy (non-hydrogen) atoms. The lowest BCUT2D eigenvalue weighted by molar-refractivity contribution is -0.384. The third kappa shape index (κ3) is 1.70. The van der Waals surface area contributed by atoms with E-state index in [0.29, 0.717) is 13.2 Å². The summed E-state index contributed by atoms with van der Waals surface area (Å²) in [6.07, 6.45) is 0.0685. The van der Waals surface area contributed by atoms with Crippen LogP contribution < -0.4 is 5.32 Å². The van der Waals surface area contributed by atoms with E-state index in [1.807, 2.05) is 0 Å². The summed E-state index contributed by atoms with van der Waals surface area (Å²) < 4.78 is 11.5. The van der Waals surface area contributed by atoms with Gasteiger partial charge < -0.3 is 14.8 Å². The molecule has 0 amide bonds. The van der Waals surface area contributed by atoms with Crippen molar-refractivity contribution < 1.29 is 14.4 Å². The Balaban J connectivity index is 1.91. The summed E-state index contributed by atoms with van der Waals surface area (Å²) in [5, 5.41) is 13.8. The quantitative estimate of drug-likeness (QED) is 0.606. The van der Waals surface area contributed by atoms with E-state index in [2.05, 4.69) is 5.32 Å². The normalized spacial score (nSPS) is 31.4. The lowest BCUT2D eigenvalue weighted by Gasteiger charge is -2.32. The van der Waals surface area contributed by atoms with E-state index in [1.54, 1.807) is 12.1 Å². The van der Waals surface area contributed by atoms with Gasteiger partial charge in [0.2, 0.25) is 5.79 Å². The van der Waals surface area contributed by atoms with Crippen molar-refractivity contribution >= 4 is 5.69 Å². The molecule has 0 saturated carbocycles. The largest absolute Gasteiger partial charge is 0.342 e. The fraction of sp³-hybridized carbons (Fsp3) is 0.455. The van der Waals surface area contributed by atoms with Gasteiger partial charge in [-0.2, -0.15) is 0 Å². The maximum absolute atomic E-state index is 10.6. The van der Waals surface area contributed by atoms with E-state index in [0.717, 1.165) is 12.1 Å². The molecule has 0 spiro atoms. The standard InChI is InChI=1S/C11H12N2O4/c14-13(15)9-3-1-8(2-4-9)11-7-12-5-10(17-11)6-16-11/h1-4,10,12H,5-7H2. The molecule has 0 radical (unpaired) electrons. The van der Waals surface area contributed by atoms with Gasteiger partial charge >= 0.3 is 0 Å². The maximum atomic E-state index is 10.6. The fourth-order valence-corrected chi connectivity index (χ4v) is 2.25. The monoisotopic (exact) mass is 236 g/mol. The van der Waals surface area contributed by atoms with Crippen LogP contribution in [0.5, 0.6) is 0 Å². The van der Waals surface area contributed by atoms with E-state index in [1.165, 1.54) is 12.1 Å². The number of fused-ring (bicyclic) bond motifs is 2. The number of nitrogens with one attached hydrogen (secondary N) is 1. The molecule has 2 unspecified atom stereocenters. The van der Waals surface area contributed by atoms with E-state index in [9.17, 15) is 10.1 Å². The minimum absolute atomic E-state index is 0.0685. The topological polar surface area (TPSA) is 73.6 Å². The Kier molecular flexibility index (Phi) is 2.36. The third-order valence-electron chi connectivity index (χ3n) is 3.11. The highest BCUT2D eigenvalue weighted by Gasteiger charge is 2.46. The van der Waals surface area contributed by atoms with Crippen molar-refractivity contribution in [2.24, 2.45) is 0 Å². The average Bonchev–Trinajstić information content (AvgIpc) is 2.66. The molecule has 2 aliphatic rings. The second-order valence-corrected chi connectivity index (χ2v) is 4.24. The molecule has 2 fully saturated rings. The smallest absolute Gasteiger partial charge is 0.269 e. The van der Waals surface area contributed by atoms with E-state index in [4.69, 9.17) is 9.47 Å². The Morgan fingerprint density at radius 2 is 2.18 bits per heavy atom. The fourth-order valence-electron chi connectivity index (χ4n) is 2.25. The highest BCUT2D eigenvalue weighted by atomic mass is 16.7. The molecule has 90 valence electrons. The zero-order valence-corrected chi connectivity index (χ0v) is 9.09. The summed E-state index contributed by atoms with van der Waals surface area (Å²) in [5.41, 5.74) is 0.890. The predicted molar refractivity (Wildman–Crippen MR) is 58.5 cm³/mol. The van der Waals surface area contributed by atoms with Gasteiger partial charge in [0.15, 0.2) is 0 Å². The Morgan fingerprint density at radius 3 is 2.88 bits per heavy atom. The van der Waals surface area contributed by atoms with Crippen LogP contribution in [-0.4, -0.2) is 30.7 Å². The van der Waals surface area contributed by atoms with Crippen LogP contribution in [0.15, 0.2) is 24.3 Å². The van der Waals surface area contributed by atoms with Crippen LogP contribution in [0.3, 0.4) is 0 Å². The highest BCUT2D eigenvalue weighted by molar-refractivity contribution is 5.35. The predicted octanol–water partition coefficient (Wildman–Crippen LogP) is 0.766. The molecule has 6 heteroatoms. The van der Waals surface area contributed by atoms with Crippen LogP contribution in [0.1, 0.15) is 5.56 Å². The van der Waals surface area contributed by atoms with Crippen LogP contribution in [0.25, 0.3) is 0 Å². The number of rotatable bonds is 2. The van der Waals surface area contributed by atoms with E-state index in [-0.39, 0.29) is 11.8 Å². The minimum Gasteiger partial charge on any atom is -0.342 e. The molecule has 1 N–H and O–H groups in total. The number of nitrogens with zero attached hydrogens (tertiary/aromatic N) is 1. The molecule has 1 aromatic rings. The molecular weight excluding hydrogens is 224 g/mol. The summed E-state index contributed by atoms with van der Waals surface area (Å²) in [6, 6.07) is 6.32. The first-order valence-corrected chi connectivity index (χ1v) is 5.47. The highest BCUT2D eigenvalue weighted by Crippen LogP contribution is 2.36. The van der Waals surface area contributed by atoms with Crippen LogP contribution >= 0.6 is 0 Å². The van der Waals surface area contributed by atoms with Crippen molar-refractivity contribution in [2.45, 2.75) is 11.9 Å². The molecule has 0 aliphatic carbocycles. The van der Waals surface area contributed by atoms with Crippen molar-refractivity contribution in [1.82, 2.24) is 5.32 Å². The van der Waals surface area contributed by atoms with Crippen LogP contribution in [0, 0.1) is 10.1 Å². The Labute approximate surface area is 97.7 Å². The van der Waals surface area contributed by atoms with Crippen molar-refractivity contribution in [3.8, 4) is 0 Å². The first kappa shape index (κ1) is 10.6. The molecule has 2 saturated heterocycles. The van der Waals surface area contributed by atoms with Crippen LogP contribution in [0.2, 0.25) is 0 Å². The zero-order valence-electron chi connectivity index (χ0n) is 9.09. The lowest BCUT2D eigenvalue weighted by Crippen LogP contribution is -2.46. The first-order valence-electron chi connectivity index (χ1n) is 5.47. The number of ether oxygens (including phenoxy) is 2. The second kappa shape index (κ2) is 3.76. The molecule has 3 rings (SSSR count). The Bertz CT molecular complexity index is 443. The number of hydrogen-bond acceptors (Lipinski definition) is 5. The molecule has 2 aliphatic heterocycles. The summed E-state index contributed by atoms with van der Waals surface area (Å²) >= 11 is 0. The number of nitro benzene ring substituents is 1. The number of hydrogen-bond donors (Lipinski definition) is 1. The van der Waals surface area contributed by atoms with Crippen LogP contribution in [0.4, 0.5) is 5.69 Å². The average molecular weight is 236 g/mol. The summed E-state index contributed by atoms with van der Waals surface area (Å²) in [7, 11) is 0. The number of benzene rings is 1. The molecule has 2 atom stereocenters. The first-order chi connectivity index (χ1) is 8.20. The SMILES string of the molecule is O=[N+]([O-])c1ccc(C23CNCC(CO2)O3)cc1. The maximum Gasteiger partial charge on any atom is 0.269 e. The summed E-state index contributed by atoms with van der Waals surface area (Å²) in [4.78, 5) is 10.2. The van der Waals surface area contributed by atoms with Gasteiger partial charge in [-0.15, -0.1) is 0 Å². The van der Waals surface area contributed by atoms with Gasteiger partial charge in [0.1, 0.15) is 0 Å². The Morgan fingerprint density at radius 1 is 1.41 bits per heavy atom. The molecule has 0 aromatic heterocycles. The van der Waals surface area contributed by atoms with Crippen molar-refractivity contribution in [3.63, 3.8) is 0 Å². The van der Waals surface area contributed by atoms with E-state index < -0.39 is 10.7 Å². The van der Waals surface area contributed by atoms with Gasteiger partial charge in [-0.25, -0.2) is 0 Å². The van der Waals surface area contributed by atoms with Crippen LogP contribution in [-0.2, 0) is 15.3 Å². The second-order valence-electron chi connectivity index (χ2n) is 4.24. The third-order valence-corrected chi connectivity index (χ3v) is 3.11. The van der Waals surface area contributed by atoms with Crippen molar-refractivity contribution in [2.75, 3.05) is 19.7 Å². The van der Waals surface area contributed by atoms with Gasteiger partial charge in [0.25, 0.3) is 5.69 Å². The number of non-ortho nitro benzene ring substituents is 1. The van der Waals surface area contributed by atoms with Gasteiger partial charge in [-0.3, -0.25) is 10.1 Å². The molecule has 6 nitrogen and oxygen atoms in total. The van der Waals surface area contributed by atoms with Crippen molar-refractivity contribution in [1.29, 1.82) is 0 Å². The van der Waals surface area contributed by atoms with Gasteiger partial charge in [0, 0.05) is 24.2 Å². The number of nitro groups is 1. The summed E-state index contributed by atoms with van der Waals surface area (Å²) in [5.74, 6) is -0.766. The number of morpholine rings is 1. The minimum atomic E-state index is -0.766.